The van der Waals surface area contributed by atoms with Gasteiger partial charge in [0.2, 0.25) is 0 Å². The van der Waals surface area contributed by atoms with Crippen molar-refractivity contribution in [3.8, 4) is 0 Å². The van der Waals surface area contributed by atoms with E-state index in [0.29, 0.717) is 5.41 Å². The minimum absolute atomic E-state index is 0.493. The van der Waals surface area contributed by atoms with Crippen molar-refractivity contribution < 1.29 is 0 Å². The smallest absolute Gasteiger partial charge is 0.0376 e. The number of likely N-dealkylation sites (tertiary alicyclic amines) is 1. The second-order valence-electron chi connectivity index (χ2n) is 6.65. The highest BCUT2D eigenvalue weighted by Crippen LogP contribution is 2.30. The molecule has 2 heterocycles. The van der Waals surface area contributed by atoms with E-state index in [-0.39, 0.29) is 0 Å². The van der Waals surface area contributed by atoms with Crippen molar-refractivity contribution in [2.45, 2.75) is 39.7 Å². The number of fused-ring (bicyclic) bond motifs is 1. The Hall–Kier alpha value is -1.02. The maximum Gasteiger partial charge on any atom is 0.0376 e. The number of anilines is 1. The zero-order valence-electron chi connectivity index (χ0n) is 11.6. The molecule has 2 aliphatic rings. The van der Waals surface area contributed by atoms with Crippen LogP contribution >= 0.6 is 0 Å². The number of piperidine rings is 1. The van der Waals surface area contributed by atoms with Gasteiger partial charge in [0.1, 0.15) is 0 Å². The molecule has 3 rings (SSSR count). The van der Waals surface area contributed by atoms with E-state index in [9.17, 15) is 0 Å². The van der Waals surface area contributed by atoms with Gasteiger partial charge in [-0.3, -0.25) is 4.90 Å². The molecule has 0 aliphatic carbocycles. The summed E-state index contributed by atoms with van der Waals surface area (Å²) in [5.41, 5.74) is 4.80. The van der Waals surface area contributed by atoms with Gasteiger partial charge in [-0.05, 0) is 48.4 Å². The summed E-state index contributed by atoms with van der Waals surface area (Å²) in [4.78, 5) is 2.61. The fourth-order valence-corrected chi connectivity index (χ4v) is 3.37. The van der Waals surface area contributed by atoms with Gasteiger partial charge < -0.3 is 5.32 Å². The summed E-state index contributed by atoms with van der Waals surface area (Å²) < 4.78 is 0. The third kappa shape index (κ3) is 2.54. The summed E-state index contributed by atoms with van der Waals surface area (Å²) in [5, 5.41) is 3.48. The molecule has 0 amide bonds. The molecule has 1 fully saturated rings. The minimum atomic E-state index is 0.493. The summed E-state index contributed by atoms with van der Waals surface area (Å²) in [7, 11) is 0. The second-order valence-corrected chi connectivity index (χ2v) is 6.65. The van der Waals surface area contributed by atoms with Gasteiger partial charge in [-0.25, -0.2) is 0 Å². The second kappa shape index (κ2) is 4.58. The molecule has 2 heteroatoms. The van der Waals surface area contributed by atoms with Gasteiger partial charge in [0.05, 0.1) is 0 Å². The number of hydrogen-bond donors (Lipinski definition) is 1. The average Bonchev–Trinajstić information content (AvgIpc) is 2.74. The maximum atomic E-state index is 3.48. The van der Waals surface area contributed by atoms with E-state index >= 15 is 0 Å². The van der Waals surface area contributed by atoms with E-state index in [1.807, 2.05) is 0 Å². The summed E-state index contributed by atoms with van der Waals surface area (Å²) in [6.07, 6.45) is 3.90. The zero-order valence-corrected chi connectivity index (χ0v) is 11.6. The van der Waals surface area contributed by atoms with E-state index in [4.69, 9.17) is 0 Å². The van der Waals surface area contributed by atoms with Crippen LogP contribution in [0.5, 0.6) is 0 Å². The third-order valence-electron chi connectivity index (χ3n) is 4.27. The van der Waals surface area contributed by atoms with Crippen molar-refractivity contribution in [1.82, 2.24) is 4.90 Å². The van der Waals surface area contributed by atoms with Crippen LogP contribution in [0, 0.1) is 5.41 Å². The lowest BCUT2D eigenvalue weighted by atomic mass is 9.84. The van der Waals surface area contributed by atoms with Gasteiger partial charge in [-0.15, -0.1) is 0 Å². The molecule has 0 bridgehead atoms. The maximum absolute atomic E-state index is 3.48. The van der Waals surface area contributed by atoms with E-state index in [2.05, 4.69) is 42.3 Å². The van der Waals surface area contributed by atoms with Gasteiger partial charge in [0.25, 0.3) is 0 Å². The largest absolute Gasteiger partial charge is 0.384 e. The lowest BCUT2D eigenvalue weighted by Crippen LogP contribution is -2.39. The van der Waals surface area contributed by atoms with Gasteiger partial charge in [-0.2, -0.15) is 0 Å². The predicted octanol–water partition coefficient (Wildman–Crippen LogP) is 3.28. The molecule has 0 spiro atoms. The van der Waals surface area contributed by atoms with E-state index in [0.717, 1.165) is 13.1 Å². The Morgan fingerprint density at radius 1 is 1.33 bits per heavy atom. The molecular weight excluding hydrogens is 220 g/mol. The first-order valence-corrected chi connectivity index (χ1v) is 7.20. The van der Waals surface area contributed by atoms with Gasteiger partial charge >= 0.3 is 0 Å². The molecule has 0 saturated carbocycles. The molecular formula is C16H24N2. The monoisotopic (exact) mass is 244 g/mol. The number of nitrogens with one attached hydrogen (secondary N) is 1. The van der Waals surface area contributed by atoms with Crippen LogP contribution in [-0.4, -0.2) is 24.5 Å². The molecule has 0 aromatic heterocycles. The summed E-state index contributed by atoms with van der Waals surface area (Å²) in [6, 6.07) is 6.97. The quantitative estimate of drug-likeness (QED) is 0.859. The highest BCUT2D eigenvalue weighted by Gasteiger charge is 2.26. The van der Waals surface area contributed by atoms with Crippen molar-refractivity contribution in [3.63, 3.8) is 0 Å². The first-order valence-electron chi connectivity index (χ1n) is 7.20. The van der Waals surface area contributed by atoms with E-state index in [1.54, 1.807) is 0 Å². The molecule has 0 unspecified atom stereocenters. The Balaban J connectivity index is 1.69. The Labute approximate surface area is 110 Å². The normalized spacial score (nSPS) is 22.6. The van der Waals surface area contributed by atoms with E-state index < -0.39 is 0 Å². The fraction of sp³-hybridized carbons (Fsp3) is 0.625. The van der Waals surface area contributed by atoms with Crippen LogP contribution in [0.25, 0.3) is 0 Å². The third-order valence-corrected chi connectivity index (χ3v) is 4.27. The molecule has 2 nitrogen and oxygen atoms in total. The predicted molar refractivity (Wildman–Crippen MR) is 76.9 cm³/mol. The van der Waals surface area contributed by atoms with Gasteiger partial charge in [0, 0.05) is 25.3 Å². The van der Waals surface area contributed by atoms with Crippen LogP contribution in [0.4, 0.5) is 5.69 Å². The molecule has 1 aromatic rings. The van der Waals surface area contributed by atoms with Crippen LogP contribution in [0.1, 0.15) is 37.8 Å². The standard InChI is InChI=1S/C16H24N2/c1-16(2)7-3-9-18(12-16)11-13-4-5-14-6-8-17-15(14)10-13/h4-5,10,17H,3,6-9,11-12H2,1-2H3. The van der Waals surface area contributed by atoms with Crippen molar-refractivity contribution in [2.75, 3.05) is 25.0 Å². The zero-order chi connectivity index (χ0) is 12.6. The number of nitrogens with zero attached hydrogens (tertiary/aromatic N) is 1. The SMILES string of the molecule is CC1(C)CCCN(Cc2ccc3c(c2)NCC3)C1. The van der Waals surface area contributed by atoms with Crippen LogP contribution in [-0.2, 0) is 13.0 Å². The first kappa shape index (κ1) is 12.0. The van der Waals surface area contributed by atoms with Crippen LogP contribution < -0.4 is 5.32 Å². The number of rotatable bonds is 2. The summed E-state index contributed by atoms with van der Waals surface area (Å²) in [5.74, 6) is 0. The molecule has 2 aliphatic heterocycles. The van der Waals surface area contributed by atoms with Crippen LogP contribution in [0.2, 0.25) is 0 Å². The highest BCUT2D eigenvalue weighted by molar-refractivity contribution is 5.57. The number of benzene rings is 1. The minimum Gasteiger partial charge on any atom is -0.384 e. The van der Waals surface area contributed by atoms with Crippen LogP contribution in [0.3, 0.4) is 0 Å². The summed E-state index contributed by atoms with van der Waals surface area (Å²) in [6.45, 7) is 9.49. The van der Waals surface area contributed by atoms with Crippen molar-refractivity contribution in [2.24, 2.45) is 5.41 Å². The molecule has 0 atom stereocenters. The molecule has 1 N–H and O–H groups in total. The summed E-state index contributed by atoms with van der Waals surface area (Å²) >= 11 is 0. The highest BCUT2D eigenvalue weighted by atomic mass is 15.1. The van der Waals surface area contributed by atoms with Crippen LogP contribution in [0.15, 0.2) is 18.2 Å². The molecule has 1 aromatic carbocycles. The average molecular weight is 244 g/mol. The Morgan fingerprint density at radius 3 is 3.06 bits per heavy atom. The molecule has 98 valence electrons. The lowest BCUT2D eigenvalue weighted by molar-refractivity contribution is 0.112. The molecule has 0 radical (unpaired) electrons. The van der Waals surface area contributed by atoms with Crippen molar-refractivity contribution in [1.29, 1.82) is 0 Å². The van der Waals surface area contributed by atoms with Crippen molar-refractivity contribution >= 4 is 5.69 Å². The Bertz CT molecular complexity index is 437. The van der Waals surface area contributed by atoms with Crippen molar-refractivity contribution in [3.05, 3.63) is 29.3 Å². The topological polar surface area (TPSA) is 15.3 Å². The Kier molecular flexibility index (Phi) is 3.06. The number of hydrogen-bond acceptors (Lipinski definition) is 2. The molecule has 1 saturated heterocycles. The Morgan fingerprint density at radius 2 is 2.22 bits per heavy atom. The fourth-order valence-electron chi connectivity index (χ4n) is 3.37. The van der Waals surface area contributed by atoms with Gasteiger partial charge in [-0.1, -0.05) is 26.0 Å². The lowest BCUT2D eigenvalue weighted by Gasteiger charge is -2.38. The first-order chi connectivity index (χ1) is 8.62. The van der Waals surface area contributed by atoms with E-state index in [1.165, 1.54) is 49.2 Å². The molecule has 18 heavy (non-hydrogen) atoms. The van der Waals surface area contributed by atoms with Gasteiger partial charge in [0.15, 0.2) is 0 Å².